The van der Waals surface area contributed by atoms with Gasteiger partial charge in [-0.05, 0) is 30.7 Å². The highest BCUT2D eigenvalue weighted by molar-refractivity contribution is 6.36. The van der Waals surface area contributed by atoms with Gasteiger partial charge in [0, 0.05) is 16.6 Å². The van der Waals surface area contributed by atoms with Crippen molar-refractivity contribution >= 4 is 34.1 Å². The molecule has 66 valence electrons. The van der Waals surface area contributed by atoms with E-state index in [0.29, 0.717) is 5.02 Å². The summed E-state index contributed by atoms with van der Waals surface area (Å²) in [5.74, 6) is 0. The molecule has 13 heavy (non-hydrogen) atoms. The van der Waals surface area contributed by atoms with Crippen LogP contribution in [0.15, 0.2) is 24.4 Å². The van der Waals surface area contributed by atoms with Crippen molar-refractivity contribution in [2.24, 2.45) is 0 Å². The zero-order valence-electron chi connectivity index (χ0n) is 7.01. The summed E-state index contributed by atoms with van der Waals surface area (Å²) in [5.41, 5.74) is 1.82. The maximum absolute atomic E-state index is 6.10. The first kappa shape index (κ1) is 8.79. The molecule has 0 aliphatic rings. The van der Waals surface area contributed by atoms with Crippen LogP contribution in [0.2, 0.25) is 10.0 Å². The number of fused-ring (bicyclic) bond motifs is 1. The summed E-state index contributed by atoms with van der Waals surface area (Å²) in [6, 6.07) is 5.51. The zero-order valence-corrected chi connectivity index (χ0v) is 8.52. The molecule has 3 heteroatoms. The molecule has 0 aliphatic carbocycles. The van der Waals surface area contributed by atoms with Gasteiger partial charge < -0.3 is 0 Å². The van der Waals surface area contributed by atoms with Crippen molar-refractivity contribution in [1.82, 2.24) is 4.98 Å². The second-order valence-corrected chi connectivity index (χ2v) is 3.73. The van der Waals surface area contributed by atoms with Crippen LogP contribution < -0.4 is 0 Å². The summed E-state index contributed by atoms with van der Waals surface area (Å²) in [7, 11) is 0. The van der Waals surface area contributed by atoms with Gasteiger partial charge in [-0.2, -0.15) is 0 Å². The van der Waals surface area contributed by atoms with E-state index in [1.54, 1.807) is 6.20 Å². The maximum Gasteiger partial charge on any atom is 0.0731 e. The Kier molecular flexibility index (Phi) is 2.14. The fourth-order valence-corrected chi connectivity index (χ4v) is 1.61. The predicted octanol–water partition coefficient (Wildman–Crippen LogP) is 3.85. The number of hydrogen-bond donors (Lipinski definition) is 0. The minimum Gasteiger partial charge on any atom is -0.256 e. The van der Waals surface area contributed by atoms with Crippen LogP contribution in [-0.2, 0) is 0 Å². The van der Waals surface area contributed by atoms with Gasteiger partial charge in [-0.25, -0.2) is 0 Å². The molecule has 1 aromatic carbocycles. The molecular formula is C10H7Cl2N. The molecule has 0 bridgehead atoms. The van der Waals surface area contributed by atoms with Crippen molar-refractivity contribution in [2.75, 3.05) is 0 Å². The number of rotatable bonds is 0. The van der Waals surface area contributed by atoms with Gasteiger partial charge in [0.2, 0.25) is 0 Å². The predicted molar refractivity (Wildman–Crippen MR) is 56.5 cm³/mol. The molecule has 0 aliphatic heterocycles. The molecule has 2 aromatic rings. The molecular weight excluding hydrogens is 205 g/mol. The van der Waals surface area contributed by atoms with E-state index in [1.165, 1.54) is 0 Å². The van der Waals surface area contributed by atoms with Gasteiger partial charge in [-0.15, -0.1) is 0 Å². The van der Waals surface area contributed by atoms with Crippen LogP contribution in [0.1, 0.15) is 5.56 Å². The largest absolute Gasteiger partial charge is 0.256 e. The van der Waals surface area contributed by atoms with Gasteiger partial charge in [0.05, 0.1) is 10.5 Å². The highest BCUT2D eigenvalue weighted by atomic mass is 35.5. The third kappa shape index (κ3) is 1.50. The lowest BCUT2D eigenvalue weighted by molar-refractivity contribution is 1.33. The van der Waals surface area contributed by atoms with Crippen LogP contribution in [0.3, 0.4) is 0 Å². The Balaban J connectivity index is 2.87. The Hall–Kier alpha value is -0.790. The van der Waals surface area contributed by atoms with Crippen molar-refractivity contribution in [3.8, 4) is 0 Å². The average Bonchev–Trinajstić information content (AvgIpc) is 2.12. The number of benzene rings is 1. The standard InChI is InChI=1S/C10H7Cl2N/c1-6-5-13-9-4-7(11)2-3-8(9)10(6)12/h2-5H,1H3. The third-order valence-electron chi connectivity index (χ3n) is 1.94. The monoisotopic (exact) mass is 211 g/mol. The number of hydrogen-bond acceptors (Lipinski definition) is 1. The molecule has 1 heterocycles. The third-order valence-corrected chi connectivity index (χ3v) is 2.68. The molecule has 2 rings (SSSR count). The topological polar surface area (TPSA) is 12.9 Å². The van der Waals surface area contributed by atoms with Crippen LogP contribution in [0.25, 0.3) is 10.9 Å². The number of nitrogens with zero attached hydrogens (tertiary/aromatic N) is 1. The van der Waals surface area contributed by atoms with Crippen LogP contribution in [-0.4, -0.2) is 4.98 Å². The molecule has 0 fully saturated rings. The molecule has 0 spiro atoms. The van der Waals surface area contributed by atoms with Gasteiger partial charge in [-0.3, -0.25) is 4.98 Å². The summed E-state index contributed by atoms with van der Waals surface area (Å²) in [6.07, 6.45) is 1.75. The van der Waals surface area contributed by atoms with Crippen molar-refractivity contribution in [3.63, 3.8) is 0 Å². The lowest BCUT2D eigenvalue weighted by atomic mass is 10.2. The molecule has 0 saturated heterocycles. The first-order valence-corrected chi connectivity index (χ1v) is 4.64. The van der Waals surface area contributed by atoms with E-state index in [4.69, 9.17) is 23.2 Å². The quantitative estimate of drug-likeness (QED) is 0.646. The van der Waals surface area contributed by atoms with Crippen LogP contribution in [0, 0.1) is 6.92 Å². The second kappa shape index (κ2) is 3.17. The Bertz CT molecular complexity index is 466. The lowest BCUT2D eigenvalue weighted by Crippen LogP contribution is -1.83. The summed E-state index contributed by atoms with van der Waals surface area (Å²) < 4.78 is 0. The Morgan fingerprint density at radius 1 is 1.23 bits per heavy atom. The smallest absolute Gasteiger partial charge is 0.0731 e. The fourth-order valence-electron chi connectivity index (χ4n) is 1.23. The summed E-state index contributed by atoms with van der Waals surface area (Å²) >= 11 is 11.9. The number of aryl methyl sites for hydroxylation is 1. The van der Waals surface area contributed by atoms with E-state index >= 15 is 0 Å². The van der Waals surface area contributed by atoms with Crippen molar-refractivity contribution in [3.05, 3.63) is 40.0 Å². The number of pyridine rings is 1. The number of halogens is 2. The van der Waals surface area contributed by atoms with Crippen molar-refractivity contribution in [2.45, 2.75) is 6.92 Å². The Labute approximate surface area is 86.3 Å². The van der Waals surface area contributed by atoms with Gasteiger partial charge in [0.25, 0.3) is 0 Å². The zero-order chi connectivity index (χ0) is 9.42. The van der Waals surface area contributed by atoms with Crippen LogP contribution in [0.5, 0.6) is 0 Å². The maximum atomic E-state index is 6.10. The van der Waals surface area contributed by atoms with Gasteiger partial charge in [0.1, 0.15) is 0 Å². The van der Waals surface area contributed by atoms with Crippen molar-refractivity contribution < 1.29 is 0 Å². The number of aromatic nitrogens is 1. The van der Waals surface area contributed by atoms with E-state index in [-0.39, 0.29) is 0 Å². The average molecular weight is 212 g/mol. The fraction of sp³-hybridized carbons (Fsp3) is 0.100. The summed E-state index contributed by atoms with van der Waals surface area (Å²) in [6.45, 7) is 1.93. The first-order chi connectivity index (χ1) is 6.18. The molecule has 0 unspecified atom stereocenters. The molecule has 0 amide bonds. The molecule has 0 radical (unpaired) electrons. The van der Waals surface area contributed by atoms with E-state index in [2.05, 4.69) is 4.98 Å². The van der Waals surface area contributed by atoms with Gasteiger partial charge in [0.15, 0.2) is 0 Å². The van der Waals surface area contributed by atoms with Crippen molar-refractivity contribution in [1.29, 1.82) is 0 Å². The summed E-state index contributed by atoms with van der Waals surface area (Å²) in [5, 5.41) is 2.38. The molecule has 1 nitrogen and oxygen atoms in total. The highest BCUT2D eigenvalue weighted by Gasteiger charge is 2.03. The van der Waals surface area contributed by atoms with E-state index in [9.17, 15) is 0 Å². The Morgan fingerprint density at radius 2 is 2.00 bits per heavy atom. The molecule has 1 aromatic heterocycles. The minimum absolute atomic E-state index is 0.680. The van der Waals surface area contributed by atoms with Gasteiger partial charge >= 0.3 is 0 Å². The second-order valence-electron chi connectivity index (χ2n) is 2.92. The van der Waals surface area contributed by atoms with Crippen LogP contribution >= 0.6 is 23.2 Å². The molecule has 0 atom stereocenters. The van der Waals surface area contributed by atoms with E-state index < -0.39 is 0 Å². The Morgan fingerprint density at radius 3 is 2.77 bits per heavy atom. The van der Waals surface area contributed by atoms with Crippen LogP contribution in [0.4, 0.5) is 0 Å². The molecule has 0 saturated carbocycles. The first-order valence-electron chi connectivity index (χ1n) is 3.89. The normalized spacial score (nSPS) is 10.7. The van der Waals surface area contributed by atoms with Gasteiger partial charge in [-0.1, -0.05) is 23.2 Å². The van der Waals surface area contributed by atoms with E-state index in [1.807, 2.05) is 25.1 Å². The minimum atomic E-state index is 0.680. The highest BCUT2D eigenvalue weighted by Crippen LogP contribution is 2.26. The lowest BCUT2D eigenvalue weighted by Gasteiger charge is -2.02. The molecule has 0 N–H and O–H groups in total. The van der Waals surface area contributed by atoms with E-state index in [0.717, 1.165) is 21.5 Å². The summed E-state index contributed by atoms with van der Waals surface area (Å²) in [4.78, 5) is 4.23. The SMILES string of the molecule is Cc1cnc2cc(Cl)ccc2c1Cl.